The molecule has 1 saturated heterocycles. The van der Waals surface area contributed by atoms with Gasteiger partial charge in [0.25, 0.3) is 5.91 Å². The lowest BCUT2D eigenvalue weighted by Crippen LogP contribution is -2.33. The highest BCUT2D eigenvalue weighted by molar-refractivity contribution is 5.92. The van der Waals surface area contributed by atoms with E-state index in [0.717, 1.165) is 41.8 Å². The van der Waals surface area contributed by atoms with Crippen LogP contribution < -0.4 is 0 Å². The predicted molar refractivity (Wildman–Crippen MR) is 110 cm³/mol. The third kappa shape index (κ3) is 3.10. The van der Waals surface area contributed by atoms with Gasteiger partial charge in [-0.2, -0.15) is 5.10 Å². The molecule has 146 valence electrons. The second kappa shape index (κ2) is 6.88. The number of likely N-dealkylation sites (tertiary alicyclic amines) is 1. The van der Waals surface area contributed by atoms with Crippen LogP contribution in [-0.2, 0) is 0 Å². The lowest BCUT2D eigenvalue weighted by molar-refractivity contribution is 0.0741. The molecule has 0 bridgehead atoms. The van der Waals surface area contributed by atoms with Crippen LogP contribution in [0.15, 0.2) is 67.0 Å². The van der Waals surface area contributed by atoms with Crippen molar-refractivity contribution in [2.24, 2.45) is 0 Å². The molecule has 0 saturated carbocycles. The monoisotopic (exact) mass is 388 g/mol. The van der Waals surface area contributed by atoms with Gasteiger partial charge in [-0.15, -0.1) is 0 Å². The van der Waals surface area contributed by atoms with Gasteiger partial charge in [0.1, 0.15) is 11.6 Å². The predicted octanol–water partition coefficient (Wildman–Crippen LogP) is 4.56. The summed E-state index contributed by atoms with van der Waals surface area (Å²) in [6.07, 6.45) is 5.86. The van der Waals surface area contributed by atoms with E-state index in [-0.39, 0.29) is 17.8 Å². The van der Waals surface area contributed by atoms with Gasteiger partial charge in [-0.25, -0.2) is 9.07 Å². The minimum Gasteiger partial charge on any atom is -0.335 e. The van der Waals surface area contributed by atoms with Crippen molar-refractivity contribution in [1.82, 2.24) is 19.1 Å². The fraction of sp³-hybridized carbons (Fsp3) is 0.217. The molecule has 0 spiro atoms. The van der Waals surface area contributed by atoms with Gasteiger partial charge in [0.2, 0.25) is 0 Å². The Morgan fingerprint density at radius 2 is 1.97 bits per heavy atom. The molecule has 1 aliphatic rings. The summed E-state index contributed by atoms with van der Waals surface area (Å²) in [5.41, 5.74) is 3.17. The summed E-state index contributed by atoms with van der Waals surface area (Å²) in [6, 6.07) is 16.5. The second-order valence-corrected chi connectivity index (χ2v) is 7.55. The highest BCUT2D eigenvalue weighted by Gasteiger charge is 2.27. The number of halogens is 1. The number of nitrogens with zero attached hydrogens (tertiary/aromatic N) is 4. The highest BCUT2D eigenvalue weighted by atomic mass is 19.1. The zero-order valence-electron chi connectivity index (χ0n) is 16.1. The third-order valence-electron chi connectivity index (χ3n) is 5.64. The van der Waals surface area contributed by atoms with Gasteiger partial charge < -0.3 is 9.30 Å². The summed E-state index contributed by atoms with van der Waals surface area (Å²) in [6.45, 7) is 2.87. The van der Waals surface area contributed by atoms with Crippen LogP contribution >= 0.6 is 0 Å². The van der Waals surface area contributed by atoms with Gasteiger partial charge in [0.05, 0.1) is 0 Å². The second-order valence-electron chi connectivity index (χ2n) is 7.55. The van der Waals surface area contributed by atoms with Crippen molar-refractivity contribution >= 4 is 11.4 Å². The molecular formula is C23H21FN4O. The Morgan fingerprint density at radius 3 is 2.76 bits per heavy atom. The number of carbonyl (C=O) groups is 1. The van der Waals surface area contributed by atoms with Crippen molar-refractivity contribution in [2.45, 2.75) is 25.8 Å². The largest absolute Gasteiger partial charge is 0.335 e. The molecule has 6 heteroatoms. The molecule has 5 rings (SSSR count). The van der Waals surface area contributed by atoms with Crippen molar-refractivity contribution in [3.05, 3.63) is 78.5 Å². The maximum atomic E-state index is 13.6. The van der Waals surface area contributed by atoms with E-state index in [9.17, 15) is 9.18 Å². The number of pyridine rings is 1. The lowest BCUT2D eigenvalue weighted by atomic mass is 10.1. The van der Waals surface area contributed by atoms with Crippen LogP contribution in [-0.4, -0.2) is 37.6 Å². The molecule has 4 aromatic rings. The first-order valence-electron chi connectivity index (χ1n) is 9.84. The summed E-state index contributed by atoms with van der Waals surface area (Å²) in [5.74, 6) is 0.545. The first-order valence-corrected chi connectivity index (χ1v) is 9.84. The van der Waals surface area contributed by atoms with Crippen molar-refractivity contribution in [3.8, 4) is 16.9 Å². The van der Waals surface area contributed by atoms with Crippen LogP contribution in [0.5, 0.6) is 0 Å². The molecule has 29 heavy (non-hydrogen) atoms. The molecule has 1 aromatic carbocycles. The van der Waals surface area contributed by atoms with Gasteiger partial charge >= 0.3 is 0 Å². The normalized spacial score (nSPS) is 16.6. The van der Waals surface area contributed by atoms with Crippen LogP contribution in [0.3, 0.4) is 0 Å². The molecule has 1 fully saturated rings. The Kier molecular flexibility index (Phi) is 4.19. The van der Waals surface area contributed by atoms with E-state index in [1.165, 1.54) is 12.1 Å². The minimum absolute atomic E-state index is 0.0185. The van der Waals surface area contributed by atoms with E-state index in [1.807, 2.05) is 52.0 Å². The number of benzene rings is 1. The average Bonchev–Trinajstić information content (AvgIpc) is 3.46. The lowest BCUT2D eigenvalue weighted by Gasteiger charge is -2.19. The number of amides is 1. The van der Waals surface area contributed by atoms with E-state index >= 15 is 0 Å². The SMILES string of the molecule is CC1CCCN1C(=O)c1ccn(-c2ccc3ccc(-c4cccc(F)c4)cn23)n1. The maximum absolute atomic E-state index is 13.6. The fourth-order valence-electron chi connectivity index (χ4n) is 4.06. The number of aromatic nitrogens is 3. The van der Waals surface area contributed by atoms with Crippen molar-refractivity contribution in [2.75, 3.05) is 6.54 Å². The van der Waals surface area contributed by atoms with Crippen LogP contribution in [0.1, 0.15) is 30.3 Å². The Hall–Kier alpha value is -3.41. The minimum atomic E-state index is -0.262. The number of hydrogen-bond acceptors (Lipinski definition) is 2. The quantitative estimate of drug-likeness (QED) is 0.517. The van der Waals surface area contributed by atoms with Crippen molar-refractivity contribution in [1.29, 1.82) is 0 Å². The molecule has 3 aromatic heterocycles. The van der Waals surface area contributed by atoms with Crippen LogP contribution in [0, 0.1) is 5.82 Å². The van der Waals surface area contributed by atoms with Crippen LogP contribution in [0.25, 0.3) is 22.5 Å². The Bertz CT molecular complexity index is 1210. The summed E-state index contributed by atoms with van der Waals surface area (Å²) in [7, 11) is 0. The fourth-order valence-corrected chi connectivity index (χ4v) is 4.06. The van der Waals surface area contributed by atoms with Gasteiger partial charge in [0.15, 0.2) is 5.69 Å². The molecule has 4 heterocycles. The molecular weight excluding hydrogens is 367 g/mol. The third-order valence-corrected chi connectivity index (χ3v) is 5.64. The number of hydrogen-bond donors (Lipinski definition) is 0. The average molecular weight is 388 g/mol. The topological polar surface area (TPSA) is 42.5 Å². The number of rotatable bonds is 3. The maximum Gasteiger partial charge on any atom is 0.274 e. The summed E-state index contributed by atoms with van der Waals surface area (Å²) < 4.78 is 17.3. The molecule has 1 aliphatic heterocycles. The molecule has 1 atom stereocenters. The summed E-state index contributed by atoms with van der Waals surface area (Å²) in [5, 5.41) is 4.54. The Morgan fingerprint density at radius 1 is 1.10 bits per heavy atom. The van der Waals surface area contributed by atoms with Gasteiger partial charge in [-0.05, 0) is 67.3 Å². The zero-order valence-corrected chi connectivity index (χ0v) is 16.1. The van der Waals surface area contributed by atoms with Crippen LogP contribution in [0.4, 0.5) is 4.39 Å². The van der Waals surface area contributed by atoms with E-state index in [2.05, 4.69) is 12.0 Å². The van der Waals surface area contributed by atoms with E-state index in [4.69, 9.17) is 0 Å². The molecule has 5 nitrogen and oxygen atoms in total. The van der Waals surface area contributed by atoms with Crippen molar-refractivity contribution < 1.29 is 9.18 Å². The van der Waals surface area contributed by atoms with Gasteiger partial charge in [-0.3, -0.25) is 4.79 Å². The molecule has 0 N–H and O–H groups in total. The zero-order chi connectivity index (χ0) is 20.0. The smallest absolute Gasteiger partial charge is 0.274 e. The summed E-state index contributed by atoms with van der Waals surface area (Å²) in [4.78, 5) is 14.7. The van der Waals surface area contributed by atoms with Gasteiger partial charge in [0, 0.05) is 30.5 Å². The number of carbonyl (C=O) groups excluding carboxylic acids is 1. The van der Waals surface area contributed by atoms with E-state index < -0.39 is 0 Å². The molecule has 0 aliphatic carbocycles. The number of fused-ring (bicyclic) bond motifs is 1. The van der Waals surface area contributed by atoms with Crippen molar-refractivity contribution in [3.63, 3.8) is 0 Å². The molecule has 1 unspecified atom stereocenters. The Labute approximate surface area is 168 Å². The molecule has 1 amide bonds. The molecule has 0 radical (unpaired) electrons. The Balaban J connectivity index is 1.51. The standard InChI is InChI=1S/C23H21FN4O/c1-16-4-3-12-26(16)23(29)21-11-13-28(25-21)22-10-9-20-8-7-18(15-27(20)22)17-5-2-6-19(24)14-17/h2,5-11,13-16H,3-4,12H2,1H3. The summed E-state index contributed by atoms with van der Waals surface area (Å²) >= 11 is 0. The van der Waals surface area contributed by atoms with Gasteiger partial charge in [-0.1, -0.05) is 18.2 Å². The first-order chi connectivity index (χ1) is 14.1. The first kappa shape index (κ1) is 17.7. The van der Waals surface area contributed by atoms with E-state index in [0.29, 0.717) is 5.69 Å². The van der Waals surface area contributed by atoms with Crippen LogP contribution in [0.2, 0.25) is 0 Å². The van der Waals surface area contributed by atoms with E-state index in [1.54, 1.807) is 16.8 Å². The highest BCUT2D eigenvalue weighted by Crippen LogP contribution is 2.24.